The number of hydrogen-bond donors (Lipinski definition) is 2. The van der Waals surface area contributed by atoms with Gasteiger partial charge in [-0.1, -0.05) is 60.5 Å². The lowest BCUT2D eigenvalue weighted by Gasteiger charge is -2.44. The molecule has 0 radical (unpaired) electrons. The normalized spacial score (nSPS) is 31.5. The summed E-state index contributed by atoms with van der Waals surface area (Å²) in [5.74, 6) is 0.377. The summed E-state index contributed by atoms with van der Waals surface area (Å²) in [5, 5.41) is 14.2. The lowest BCUT2D eigenvalue weighted by Crippen LogP contribution is -2.41. The number of phenols is 1. The maximum absolute atomic E-state index is 12.9. The fourth-order valence-electron chi connectivity index (χ4n) is 5.16. The Morgan fingerprint density at radius 3 is 2.50 bits per heavy atom. The number of carbonyl (C=O) groups excluding carboxylic acids is 1. The second kappa shape index (κ2) is 7.13. The first kappa shape index (κ1) is 19.4. The highest BCUT2D eigenvalue weighted by molar-refractivity contribution is 6.31. The zero-order valence-corrected chi connectivity index (χ0v) is 17.3. The molecule has 5 heteroatoms. The first-order valence-electron chi connectivity index (χ1n) is 9.61. The van der Waals surface area contributed by atoms with Gasteiger partial charge in [-0.2, -0.15) is 0 Å². The third-order valence-electron chi connectivity index (χ3n) is 6.47. The van der Waals surface area contributed by atoms with Crippen LogP contribution in [-0.4, -0.2) is 17.1 Å². The highest BCUT2D eigenvalue weighted by atomic mass is 35.5. The Labute approximate surface area is 175 Å². The molecule has 28 heavy (non-hydrogen) atoms. The van der Waals surface area contributed by atoms with Crippen molar-refractivity contribution in [1.82, 2.24) is 5.32 Å². The minimum atomic E-state index is -0.524. The molecule has 4 rings (SSSR count). The van der Waals surface area contributed by atoms with E-state index in [0.717, 1.165) is 17.5 Å². The molecule has 1 aliphatic carbocycles. The Morgan fingerprint density at radius 2 is 1.86 bits per heavy atom. The highest BCUT2D eigenvalue weighted by Gasteiger charge is 2.57. The second-order valence-electron chi connectivity index (χ2n) is 7.85. The first-order chi connectivity index (χ1) is 13.4. The van der Waals surface area contributed by atoms with E-state index in [-0.39, 0.29) is 35.5 Å². The maximum atomic E-state index is 12.9. The van der Waals surface area contributed by atoms with Crippen molar-refractivity contribution in [1.29, 1.82) is 0 Å². The van der Waals surface area contributed by atoms with Gasteiger partial charge in [-0.25, -0.2) is 0 Å². The van der Waals surface area contributed by atoms with Gasteiger partial charge in [0, 0.05) is 33.8 Å². The van der Waals surface area contributed by atoms with Crippen molar-refractivity contribution in [3.8, 4) is 5.75 Å². The van der Waals surface area contributed by atoms with Gasteiger partial charge in [0.2, 0.25) is 5.91 Å². The predicted octanol–water partition coefficient (Wildman–Crippen LogP) is 5.67. The average molecular weight is 416 g/mol. The highest BCUT2D eigenvalue weighted by Crippen LogP contribution is 2.57. The third-order valence-corrected chi connectivity index (χ3v) is 7.05. The quantitative estimate of drug-likeness (QED) is 0.634. The van der Waals surface area contributed by atoms with Gasteiger partial charge in [-0.15, -0.1) is 0 Å². The minimum absolute atomic E-state index is 0.00546. The number of rotatable bonds is 3. The van der Waals surface area contributed by atoms with E-state index >= 15 is 0 Å². The molecule has 2 N–H and O–H groups in total. The molecule has 2 aromatic rings. The zero-order valence-electron chi connectivity index (χ0n) is 15.8. The molecule has 1 fully saturated rings. The van der Waals surface area contributed by atoms with E-state index in [4.69, 9.17) is 23.2 Å². The number of aromatic hydroxyl groups is 1. The molecule has 3 nitrogen and oxygen atoms in total. The third kappa shape index (κ3) is 2.92. The Morgan fingerprint density at radius 1 is 1.14 bits per heavy atom. The molecule has 5 atom stereocenters. The summed E-state index contributed by atoms with van der Waals surface area (Å²) < 4.78 is 0. The molecule has 0 aromatic heterocycles. The minimum Gasteiger partial charge on any atom is -0.508 e. The Bertz CT molecular complexity index is 940. The van der Waals surface area contributed by atoms with Gasteiger partial charge < -0.3 is 10.4 Å². The van der Waals surface area contributed by atoms with Crippen LogP contribution in [0.3, 0.4) is 0 Å². The molecule has 0 spiro atoms. The van der Waals surface area contributed by atoms with Crippen molar-refractivity contribution >= 4 is 29.1 Å². The molecule has 1 heterocycles. The molecule has 2 aliphatic rings. The molecule has 0 unspecified atom stereocenters. The van der Waals surface area contributed by atoms with E-state index in [1.165, 1.54) is 0 Å². The summed E-state index contributed by atoms with van der Waals surface area (Å²) in [5.41, 5.74) is 1.56. The molecule has 0 bridgehead atoms. The van der Waals surface area contributed by atoms with Crippen LogP contribution in [0.4, 0.5) is 0 Å². The van der Waals surface area contributed by atoms with Gasteiger partial charge >= 0.3 is 0 Å². The van der Waals surface area contributed by atoms with Crippen LogP contribution in [0.15, 0.2) is 54.6 Å². The van der Waals surface area contributed by atoms with Crippen LogP contribution < -0.4 is 5.32 Å². The topological polar surface area (TPSA) is 49.3 Å². The summed E-state index contributed by atoms with van der Waals surface area (Å²) in [6.07, 6.45) is 4.94. The number of carbonyl (C=O) groups is 1. The number of amides is 1. The van der Waals surface area contributed by atoms with E-state index in [0.29, 0.717) is 10.0 Å². The SMILES string of the molecule is CC[C@@]12C=C[C@@H](c3ccc(O)cc3Cl)[C@H](c3ccc(Cl)cc3)[C@@H]1[C@@H](C)NC2=O. The van der Waals surface area contributed by atoms with E-state index in [2.05, 4.69) is 31.3 Å². The Balaban J connectivity index is 1.92. The molecule has 1 saturated heterocycles. The Kier molecular flexibility index (Phi) is 4.93. The van der Waals surface area contributed by atoms with E-state index in [9.17, 15) is 9.90 Å². The van der Waals surface area contributed by atoms with Crippen molar-refractivity contribution in [3.05, 3.63) is 75.8 Å². The number of hydrogen-bond acceptors (Lipinski definition) is 2. The lowest BCUT2D eigenvalue weighted by molar-refractivity contribution is -0.127. The molecule has 2 aromatic carbocycles. The molecule has 1 amide bonds. The number of phenolic OH excluding ortho intramolecular Hbond substituents is 1. The second-order valence-corrected chi connectivity index (χ2v) is 8.69. The fraction of sp³-hybridized carbons (Fsp3) is 0.348. The molecule has 0 saturated carbocycles. The molecule has 1 aliphatic heterocycles. The van der Waals surface area contributed by atoms with Crippen molar-refractivity contribution in [2.45, 2.75) is 38.1 Å². The molecular weight excluding hydrogens is 393 g/mol. The number of benzene rings is 2. The van der Waals surface area contributed by atoms with E-state index in [1.54, 1.807) is 12.1 Å². The van der Waals surface area contributed by atoms with Crippen molar-refractivity contribution in [2.24, 2.45) is 11.3 Å². The van der Waals surface area contributed by atoms with Gasteiger partial charge in [0.15, 0.2) is 0 Å². The molecule has 146 valence electrons. The smallest absolute Gasteiger partial charge is 0.230 e. The van der Waals surface area contributed by atoms with Gasteiger partial charge in [0.25, 0.3) is 0 Å². The number of allylic oxidation sites excluding steroid dienone is 1. The summed E-state index contributed by atoms with van der Waals surface area (Å²) in [6.45, 7) is 4.15. The van der Waals surface area contributed by atoms with Crippen molar-refractivity contribution in [3.63, 3.8) is 0 Å². The fourth-order valence-corrected chi connectivity index (χ4v) is 5.59. The average Bonchev–Trinajstić information content (AvgIpc) is 2.93. The van der Waals surface area contributed by atoms with Crippen LogP contribution in [0, 0.1) is 11.3 Å². The lowest BCUT2D eigenvalue weighted by atomic mass is 9.57. The van der Waals surface area contributed by atoms with Crippen LogP contribution in [0.1, 0.15) is 43.2 Å². The van der Waals surface area contributed by atoms with Crippen LogP contribution in [0.5, 0.6) is 5.75 Å². The van der Waals surface area contributed by atoms with Crippen molar-refractivity contribution < 1.29 is 9.90 Å². The maximum Gasteiger partial charge on any atom is 0.230 e. The monoisotopic (exact) mass is 415 g/mol. The molecular formula is C23H23Cl2NO2. The summed E-state index contributed by atoms with van der Waals surface area (Å²) in [7, 11) is 0. The van der Waals surface area contributed by atoms with E-state index in [1.807, 2.05) is 30.3 Å². The van der Waals surface area contributed by atoms with Gasteiger partial charge in [0.05, 0.1) is 5.41 Å². The van der Waals surface area contributed by atoms with Gasteiger partial charge in [-0.05, 0) is 48.7 Å². The number of halogens is 2. The van der Waals surface area contributed by atoms with Crippen molar-refractivity contribution in [2.75, 3.05) is 0 Å². The summed E-state index contributed by atoms with van der Waals surface area (Å²) in [6, 6.07) is 13.0. The van der Waals surface area contributed by atoms with Gasteiger partial charge in [0.1, 0.15) is 5.75 Å². The predicted molar refractivity (Wildman–Crippen MR) is 113 cm³/mol. The van der Waals surface area contributed by atoms with Crippen LogP contribution in [-0.2, 0) is 4.79 Å². The number of fused-ring (bicyclic) bond motifs is 1. The number of nitrogens with one attached hydrogen (secondary N) is 1. The van der Waals surface area contributed by atoms with Gasteiger partial charge in [-0.3, -0.25) is 4.79 Å². The van der Waals surface area contributed by atoms with Crippen LogP contribution >= 0.6 is 23.2 Å². The largest absolute Gasteiger partial charge is 0.508 e. The van der Waals surface area contributed by atoms with Crippen LogP contribution in [0.2, 0.25) is 10.0 Å². The summed E-state index contributed by atoms with van der Waals surface area (Å²) >= 11 is 12.7. The van der Waals surface area contributed by atoms with E-state index < -0.39 is 5.41 Å². The standard InChI is InChI=1S/C23H23Cl2NO2/c1-3-23-11-10-18(17-9-8-16(27)12-19(17)25)20(14-4-6-15(24)7-5-14)21(23)13(2)26-22(23)28/h4-13,18,20-21,27H,3H2,1-2H3,(H,26,28)/t13-,18+,20+,21+,23-/m1/s1. The van der Waals surface area contributed by atoms with Crippen LogP contribution in [0.25, 0.3) is 0 Å². The summed E-state index contributed by atoms with van der Waals surface area (Å²) in [4.78, 5) is 12.9. The first-order valence-corrected chi connectivity index (χ1v) is 10.4. The Hall–Kier alpha value is -1.97. The zero-order chi connectivity index (χ0) is 20.1.